The van der Waals surface area contributed by atoms with E-state index >= 15 is 0 Å². The number of hydrogen-bond acceptors (Lipinski definition) is 4. The van der Waals surface area contributed by atoms with Gasteiger partial charge in [0.25, 0.3) is 0 Å². The summed E-state index contributed by atoms with van der Waals surface area (Å²) in [6.07, 6.45) is 0. The van der Waals surface area contributed by atoms with Crippen molar-refractivity contribution in [2.75, 3.05) is 0 Å². The Bertz CT molecular complexity index is 731. The zero-order valence-corrected chi connectivity index (χ0v) is 9.14. The summed E-state index contributed by atoms with van der Waals surface area (Å²) in [5.74, 6) is 0. The maximum atomic E-state index is 11.8. The van der Waals surface area contributed by atoms with Crippen molar-refractivity contribution in [1.82, 2.24) is 9.78 Å². The van der Waals surface area contributed by atoms with Gasteiger partial charge in [0, 0.05) is 6.54 Å². The molecular formula is C12H8N4O. The summed E-state index contributed by atoms with van der Waals surface area (Å²) in [7, 11) is 0. The highest BCUT2D eigenvalue weighted by molar-refractivity contribution is 5.80. The SMILES string of the molecule is CCn1nc(C#N)c(=O)c2ccc(C#N)cc21. The Balaban J connectivity index is 2.97. The largest absolute Gasteiger partial charge is 0.286 e. The van der Waals surface area contributed by atoms with E-state index in [1.807, 2.05) is 13.0 Å². The molecule has 5 nitrogen and oxygen atoms in total. The van der Waals surface area contributed by atoms with E-state index < -0.39 is 5.43 Å². The Morgan fingerprint density at radius 1 is 1.35 bits per heavy atom. The van der Waals surface area contributed by atoms with Crippen molar-refractivity contribution < 1.29 is 0 Å². The molecule has 0 aliphatic heterocycles. The zero-order valence-electron chi connectivity index (χ0n) is 9.14. The van der Waals surface area contributed by atoms with Crippen LogP contribution in [0.3, 0.4) is 0 Å². The van der Waals surface area contributed by atoms with Crippen LogP contribution >= 0.6 is 0 Å². The molecule has 0 atom stereocenters. The molecule has 0 fully saturated rings. The molecule has 0 amide bonds. The van der Waals surface area contributed by atoms with Crippen molar-refractivity contribution >= 4 is 10.9 Å². The van der Waals surface area contributed by atoms with E-state index in [-0.39, 0.29) is 5.69 Å². The van der Waals surface area contributed by atoms with Crippen molar-refractivity contribution in [2.24, 2.45) is 0 Å². The number of rotatable bonds is 1. The van der Waals surface area contributed by atoms with Crippen LogP contribution in [0, 0.1) is 22.7 Å². The Hall–Kier alpha value is -2.66. The molecule has 0 unspecified atom stereocenters. The highest BCUT2D eigenvalue weighted by Gasteiger charge is 2.09. The van der Waals surface area contributed by atoms with Gasteiger partial charge >= 0.3 is 0 Å². The second-order valence-corrected chi connectivity index (χ2v) is 3.45. The fraction of sp³-hybridized carbons (Fsp3) is 0.167. The van der Waals surface area contributed by atoms with Crippen LogP contribution in [0.2, 0.25) is 0 Å². The fourth-order valence-corrected chi connectivity index (χ4v) is 1.67. The van der Waals surface area contributed by atoms with Crippen molar-refractivity contribution in [2.45, 2.75) is 13.5 Å². The Labute approximate surface area is 97.1 Å². The third-order valence-corrected chi connectivity index (χ3v) is 2.49. The van der Waals surface area contributed by atoms with Gasteiger partial charge in [0.1, 0.15) is 6.07 Å². The zero-order chi connectivity index (χ0) is 12.4. The molecule has 5 heteroatoms. The number of nitriles is 2. The second kappa shape index (κ2) is 4.07. The summed E-state index contributed by atoms with van der Waals surface area (Å²) < 4.78 is 1.55. The Morgan fingerprint density at radius 3 is 2.71 bits per heavy atom. The first-order valence-electron chi connectivity index (χ1n) is 5.06. The van der Waals surface area contributed by atoms with Gasteiger partial charge in [-0.2, -0.15) is 15.6 Å². The molecule has 0 aliphatic carbocycles. The van der Waals surface area contributed by atoms with Crippen LogP contribution in [0.4, 0.5) is 0 Å². The minimum Gasteiger partial charge on any atom is -0.286 e. The third-order valence-electron chi connectivity index (χ3n) is 2.49. The lowest BCUT2D eigenvalue weighted by Gasteiger charge is -2.07. The standard InChI is InChI=1S/C12H8N4O/c1-2-16-11-5-8(6-13)3-4-9(11)12(17)10(7-14)15-16/h3-5H,2H2,1H3. The first kappa shape index (κ1) is 10.8. The van der Waals surface area contributed by atoms with Crippen molar-refractivity contribution in [3.8, 4) is 12.1 Å². The van der Waals surface area contributed by atoms with Gasteiger partial charge in [-0.15, -0.1) is 0 Å². The lowest BCUT2D eigenvalue weighted by atomic mass is 10.1. The van der Waals surface area contributed by atoms with Gasteiger partial charge in [0.2, 0.25) is 11.1 Å². The second-order valence-electron chi connectivity index (χ2n) is 3.45. The lowest BCUT2D eigenvalue weighted by molar-refractivity contribution is 0.663. The van der Waals surface area contributed by atoms with Crippen LogP contribution < -0.4 is 5.43 Å². The number of aryl methyl sites for hydroxylation is 1. The molecule has 0 radical (unpaired) electrons. The summed E-state index contributed by atoms with van der Waals surface area (Å²) in [6, 6.07) is 8.52. The summed E-state index contributed by atoms with van der Waals surface area (Å²) >= 11 is 0. The first-order valence-corrected chi connectivity index (χ1v) is 5.06. The summed E-state index contributed by atoms with van der Waals surface area (Å²) in [6.45, 7) is 2.39. The van der Waals surface area contributed by atoms with Gasteiger partial charge < -0.3 is 0 Å². The quantitative estimate of drug-likeness (QED) is 0.727. The first-order chi connectivity index (χ1) is 8.21. The van der Waals surface area contributed by atoms with E-state index in [9.17, 15) is 4.79 Å². The maximum absolute atomic E-state index is 11.8. The maximum Gasteiger partial charge on any atom is 0.226 e. The molecular weight excluding hydrogens is 216 g/mol. The molecule has 1 heterocycles. The molecule has 2 rings (SSSR count). The molecule has 0 spiro atoms. The molecule has 1 aromatic heterocycles. The Morgan fingerprint density at radius 2 is 2.12 bits per heavy atom. The number of benzene rings is 1. The minimum absolute atomic E-state index is 0.121. The summed E-state index contributed by atoms with van der Waals surface area (Å²) in [5, 5.41) is 22.0. The van der Waals surface area contributed by atoms with Gasteiger partial charge in [0.15, 0.2) is 0 Å². The summed E-state index contributed by atoms with van der Waals surface area (Å²) in [5.41, 5.74) is 0.530. The topological polar surface area (TPSA) is 82.5 Å². The van der Waals surface area contributed by atoms with Crippen LogP contribution in [0.1, 0.15) is 18.2 Å². The van der Waals surface area contributed by atoms with E-state index in [0.717, 1.165) is 0 Å². The molecule has 0 N–H and O–H groups in total. The Kier molecular flexibility index (Phi) is 2.60. The molecule has 1 aromatic carbocycles. The number of fused-ring (bicyclic) bond motifs is 1. The molecule has 0 saturated heterocycles. The van der Waals surface area contributed by atoms with Gasteiger partial charge in [-0.25, -0.2) is 0 Å². The van der Waals surface area contributed by atoms with Crippen LogP contribution in [0.15, 0.2) is 23.0 Å². The highest BCUT2D eigenvalue weighted by Crippen LogP contribution is 2.12. The van der Waals surface area contributed by atoms with Crippen LogP contribution in [0.5, 0.6) is 0 Å². The molecule has 0 saturated carbocycles. The van der Waals surface area contributed by atoms with Crippen molar-refractivity contribution in [3.63, 3.8) is 0 Å². The molecule has 2 aromatic rings. The average molecular weight is 224 g/mol. The van der Waals surface area contributed by atoms with Gasteiger partial charge in [-0.05, 0) is 25.1 Å². The minimum atomic E-state index is -0.392. The smallest absolute Gasteiger partial charge is 0.226 e. The number of nitrogens with zero attached hydrogens (tertiary/aromatic N) is 4. The van der Waals surface area contributed by atoms with Crippen molar-refractivity contribution in [3.05, 3.63) is 39.7 Å². The third kappa shape index (κ3) is 1.64. The van der Waals surface area contributed by atoms with Crippen LogP contribution in [-0.4, -0.2) is 9.78 Å². The van der Waals surface area contributed by atoms with Gasteiger partial charge in [0.05, 0.1) is 22.5 Å². The van der Waals surface area contributed by atoms with E-state index in [2.05, 4.69) is 5.10 Å². The van der Waals surface area contributed by atoms with E-state index in [4.69, 9.17) is 10.5 Å². The average Bonchev–Trinajstić information content (AvgIpc) is 2.39. The van der Waals surface area contributed by atoms with Gasteiger partial charge in [-0.3, -0.25) is 9.48 Å². The van der Waals surface area contributed by atoms with E-state index in [1.54, 1.807) is 29.0 Å². The monoisotopic (exact) mass is 224 g/mol. The predicted molar refractivity (Wildman–Crippen MR) is 61.1 cm³/mol. The fourth-order valence-electron chi connectivity index (χ4n) is 1.67. The van der Waals surface area contributed by atoms with Gasteiger partial charge in [-0.1, -0.05) is 0 Å². The molecule has 0 bridgehead atoms. The van der Waals surface area contributed by atoms with E-state index in [1.165, 1.54) is 0 Å². The van der Waals surface area contributed by atoms with Crippen LogP contribution in [-0.2, 0) is 6.54 Å². The summed E-state index contributed by atoms with van der Waals surface area (Å²) in [4.78, 5) is 11.8. The van der Waals surface area contributed by atoms with E-state index in [0.29, 0.717) is 23.0 Å². The highest BCUT2D eigenvalue weighted by atomic mass is 16.1. The normalized spacial score (nSPS) is 9.82. The predicted octanol–water partition coefficient (Wildman–Crippen LogP) is 1.16. The van der Waals surface area contributed by atoms with Crippen molar-refractivity contribution in [1.29, 1.82) is 10.5 Å². The molecule has 17 heavy (non-hydrogen) atoms. The lowest BCUT2D eigenvalue weighted by Crippen LogP contribution is -2.17. The molecule has 82 valence electrons. The number of hydrogen-bond donors (Lipinski definition) is 0. The molecule has 0 aliphatic rings. The van der Waals surface area contributed by atoms with Crippen LogP contribution in [0.25, 0.3) is 10.9 Å². The number of aromatic nitrogens is 2.